The highest BCUT2D eigenvalue weighted by Crippen LogP contribution is 2.44. The van der Waals surface area contributed by atoms with E-state index in [0.29, 0.717) is 11.8 Å². The Morgan fingerprint density at radius 3 is 2.83 bits per heavy atom. The van der Waals surface area contributed by atoms with Gasteiger partial charge in [0.1, 0.15) is 11.7 Å². The zero-order valence-corrected chi connectivity index (χ0v) is 14.0. The maximum atomic E-state index is 13.2. The zero-order valence-electron chi connectivity index (χ0n) is 14.0. The summed E-state index contributed by atoms with van der Waals surface area (Å²) >= 11 is 0. The Hall–Kier alpha value is -1.95. The van der Waals surface area contributed by atoms with E-state index in [1.54, 1.807) is 4.68 Å². The topological polar surface area (TPSA) is 63.1 Å². The van der Waals surface area contributed by atoms with Crippen molar-refractivity contribution in [2.24, 2.45) is 13.0 Å². The molecule has 3 aliphatic rings. The van der Waals surface area contributed by atoms with Crippen LogP contribution >= 0.6 is 0 Å². The Bertz CT molecular complexity index is 803. The second-order valence-corrected chi connectivity index (χ2v) is 7.66. The van der Waals surface area contributed by atoms with Gasteiger partial charge in [-0.1, -0.05) is 30.2 Å². The highest BCUT2D eigenvalue weighted by atomic mass is 16.2. The van der Waals surface area contributed by atoms with Crippen LogP contribution < -0.4 is 5.32 Å². The van der Waals surface area contributed by atoms with Crippen LogP contribution in [0.4, 0.5) is 0 Å². The fourth-order valence-corrected chi connectivity index (χ4v) is 4.44. The normalized spacial score (nSPS) is 26.1. The van der Waals surface area contributed by atoms with E-state index in [-0.39, 0.29) is 11.7 Å². The number of hydrogen-bond donors (Lipinski definition) is 1. The van der Waals surface area contributed by atoms with Gasteiger partial charge in [0.2, 0.25) is 5.91 Å². The SMILES string of the molecule is Cn1nnc2c(C3NC4(CCCC4)C(=O)N3CC3CC3)cccc21. The number of nitrogens with one attached hydrogen (secondary N) is 1. The van der Waals surface area contributed by atoms with Crippen LogP contribution in [0.5, 0.6) is 0 Å². The number of rotatable bonds is 3. The second-order valence-electron chi connectivity index (χ2n) is 7.66. The molecule has 5 rings (SSSR count). The molecule has 2 saturated carbocycles. The smallest absolute Gasteiger partial charge is 0.244 e. The quantitative estimate of drug-likeness (QED) is 0.939. The molecule has 2 aromatic rings. The van der Waals surface area contributed by atoms with Gasteiger partial charge in [0.25, 0.3) is 0 Å². The zero-order chi connectivity index (χ0) is 16.3. The van der Waals surface area contributed by atoms with E-state index in [1.807, 2.05) is 19.2 Å². The predicted molar refractivity (Wildman–Crippen MR) is 90.0 cm³/mol. The van der Waals surface area contributed by atoms with Crippen molar-refractivity contribution in [1.82, 2.24) is 25.2 Å². The minimum absolute atomic E-state index is 0.0726. The van der Waals surface area contributed by atoms with Gasteiger partial charge in [0.15, 0.2) is 0 Å². The van der Waals surface area contributed by atoms with Gasteiger partial charge in [-0.2, -0.15) is 0 Å². The molecule has 6 nitrogen and oxygen atoms in total. The first-order chi connectivity index (χ1) is 11.7. The number of fused-ring (bicyclic) bond motifs is 1. The molecule has 126 valence electrons. The molecule has 1 atom stereocenters. The summed E-state index contributed by atoms with van der Waals surface area (Å²) in [6.45, 7) is 0.870. The monoisotopic (exact) mass is 325 g/mol. The van der Waals surface area contributed by atoms with Crippen molar-refractivity contribution in [2.75, 3.05) is 6.54 Å². The van der Waals surface area contributed by atoms with Gasteiger partial charge >= 0.3 is 0 Å². The molecule has 0 radical (unpaired) electrons. The number of nitrogens with zero attached hydrogens (tertiary/aromatic N) is 4. The summed E-state index contributed by atoms with van der Waals surface area (Å²) in [7, 11) is 1.91. The first kappa shape index (κ1) is 14.4. The Kier molecular flexibility index (Phi) is 3.01. The molecule has 1 amide bonds. The van der Waals surface area contributed by atoms with Gasteiger partial charge < -0.3 is 4.90 Å². The molecule has 1 unspecified atom stereocenters. The highest BCUT2D eigenvalue weighted by molar-refractivity contribution is 5.90. The van der Waals surface area contributed by atoms with Gasteiger partial charge in [-0.25, -0.2) is 4.68 Å². The summed E-state index contributed by atoms with van der Waals surface area (Å²) in [5.74, 6) is 0.980. The van der Waals surface area contributed by atoms with E-state index >= 15 is 0 Å². The van der Waals surface area contributed by atoms with E-state index in [0.717, 1.165) is 48.8 Å². The van der Waals surface area contributed by atoms with Crippen LogP contribution in [0.25, 0.3) is 11.0 Å². The predicted octanol–water partition coefficient (Wildman–Crippen LogP) is 2.12. The van der Waals surface area contributed by atoms with E-state index in [9.17, 15) is 4.79 Å². The van der Waals surface area contributed by atoms with Gasteiger partial charge in [0, 0.05) is 19.2 Å². The third kappa shape index (κ3) is 2.02. The summed E-state index contributed by atoms with van der Waals surface area (Å²) in [6, 6.07) is 6.17. The Balaban J connectivity index is 1.59. The number of aromatic nitrogens is 3. The first-order valence-electron chi connectivity index (χ1n) is 9.05. The van der Waals surface area contributed by atoms with E-state index in [4.69, 9.17) is 0 Å². The van der Waals surface area contributed by atoms with Crippen molar-refractivity contribution in [3.63, 3.8) is 0 Å². The lowest BCUT2D eigenvalue weighted by Gasteiger charge is -2.24. The Morgan fingerprint density at radius 1 is 1.29 bits per heavy atom. The molecule has 1 aliphatic heterocycles. The van der Waals surface area contributed by atoms with Crippen molar-refractivity contribution in [2.45, 2.75) is 50.2 Å². The number of benzene rings is 1. The molecule has 2 heterocycles. The summed E-state index contributed by atoms with van der Waals surface area (Å²) in [4.78, 5) is 15.3. The molecule has 1 saturated heterocycles. The van der Waals surface area contributed by atoms with Gasteiger partial charge in [-0.15, -0.1) is 5.10 Å². The lowest BCUT2D eigenvalue weighted by atomic mass is 9.98. The van der Waals surface area contributed by atoms with E-state index < -0.39 is 0 Å². The van der Waals surface area contributed by atoms with Crippen molar-refractivity contribution in [1.29, 1.82) is 0 Å². The van der Waals surface area contributed by atoms with E-state index in [2.05, 4.69) is 26.6 Å². The molecule has 2 aliphatic carbocycles. The molecule has 0 bridgehead atoms. The van der Waals surface area contributed by atoms with Crippen molar-refractivity contribution < 1.29 is 4.79 Å². The van der Waals surface area contributed by atoms with Crippen LogP contribution in [0.15, 0.2) is 18.2 Å². The largest absolute Gasteiger partial charge is 0.321 e. The van der Waals surface area contributed by atoms with Crippen LogP contribution in [0.1, 0.15) is 50.3 Å². The summed E-state index contributed by atoms with van der Waals surface area (Å²) in [6.07, 6.45) is 6.62. The minimum atomic E-state index is -0.343. The van der Waals surface area contributed by atoms with Crippen LogP contribution in [0.3, 0.4) is 0 Å². The average molecular weight is 325 g/mol. The van der Waals surface area contributed by atoms with Crippen LogP contribution in [-0.4, -0.2) is 37.9 Å². The van der Waals surface area contributed by atoms with E-state index in [1.165, 1.54) is 12.8 Å². The van der Waals surface area contributed by atoms with Gasteiger partial charge in [-0.05, 0) is 37.7 Å². The third-order valence-electron chi connectivity index (χ3n) is 5.97. The number of carbonyl (C=O) groups excluding carboxylic acids is 1. The summed E-state index contributed by atoms with van der Waals surface area (Å²) < 4.78 is 1.80. The molecule has 24 heavy (non-hydrogen) atoms. The Morgan fingerprint density at radius 2 is 2.08 bits per heavy atom. The maximum Gasteiger partial charge on any atom is 0.244 e. The Labute approximate surface area is 141 Å². The lowest BCUT2D eigenvalue weighted by Crippen LogP contribution is -2.44. The fraction of sp³-hybridized carbons (Fsp3) is 0.611. The van der Waals surface area contributed by atoms with Crippen LogP contribution in [-0.2, 0) is 11.8 Å². The average Bonchev–Trinajstić information content (AvgIpc) is 3.04. The molecule has 3 fully saturated rings. The maximum absolute atomic E-state index is 13.2. The number of carbonyl (C=O) groups is 1. The minimum Gasteiger partial charge on any atom is -0.321 e. The van der Waals surface area contributed by atoms with Crippen molar-refractivity contribution in [3.8, 4) is 0 Å². The molecule has 1 aromatic carbocycles. The van der Waals surface area contributed by atoms with Crippen molar-refractivity contribution >= 4 is 16.9 Å². The molecule has 1 N–H and O–H groups in total. The molecular formula is C18H23N5O. The molecule has 1 aromatic heterocycles. The van der Waals surface area contributed by atoms with Crippen LogP contribution in [0.2, 0.25) is 0 Å². The summed E-state index contributed by atoms with van der Waals surface area (Å²) in [5, 5.41) is 12.3. The number of aryl methyl sites for hydroxylation is 1. The van der Waals surface area contributed by atoms with Crippen molar-refractivity contribution in [3.05, 3.63) is 23.8 Å². The standard InChI is InChI=1S/C18H23N5O/c1-22-14-6-4-5-13(15(14)20-21-22)16-19-18(9-2-3-10-18)17(24)23(16)11-12-7-8-12/h4-6,12,16,19H,2-3,7-11H2,1H3. The molecule has 6 heteroatoms. The summed E-state index contributed by atoms with van der Waals surface area (Å²) in [5.41, 5.74) is 2.66. The van der Waals surface area contributed by atoms with Gasteiger partial charge in [0.05, 0.1) is 11.1 Å². The number of amides is 1. The molecule has 1 spiro atoms. The van der Waals surface area contributed by atoms with Crippen LogP contribution in [0, 0.1) is 5.92 Å². The lowest BCUT2D eigenvalue weighted by molar-refractivity contribution is -0.133. The third-order valence-corrected chi connectivity index (χ3v) is 5.97. The first-order valence-corrected chi connectivity index (χ1v) is 9.05. The number of hydrogen-bond acceptors (Lipinski definition) is 4. The fourth-order valence-electron chi connectivity index (χ4n) is 4.44. The second kappa shape index (κ2) is 5.02. The highest BCUT2D eigenvalue weighted by Gasteiger charge is 2.53. The molecular weight excluding hydrogens is 302 g/mol. The van der Waals surface area contributed by atoms with Gasteiger partial charge in [-0.3, -0.25) is 10.1 Å².